The number of nitrogens with two attached hydrogens (primary N) is 1. The first-order valence-electron chi connectivity index (χ1n) is 7.17. The summed E-state index contributed by atoms with van der Waals surface area (Å²) in [6.45, 7) is 2.64. The molecule has 4 N–H and O–H groups in total. The largest absolute Gasteiger partial charge is 0.326 e. The highest BCUT2D eigenvalue weighted by atomic mass is 16.2. The van der Waals surface area contributed by atoms with Crippen molar-refractivity contribution in [1.82, 2.24) is 0 Å². The van der Waals surface area contributed by atoms with E-state index >= 15 is 0 Å². The van der Waals surface area contributed by atoms with E-state index in [4.69, 9.17) is 5.73 Å². The molecule has 0 saturated carbocycles. The molecule has 0 unspecified atom stereocenters. The lowest BCUT2D eigenvalue weighted by Crippen LogP contribution is -2.19. The summed E-state index contributed by atoms with van der Waals surface area (Å²) < 4.78 is 0. The molecule has 0 fully saturated rings. The van der Waals surface area contributed by atoms with Crippen molar-refractivity contribution in [3.05, 3.63) is 59.7 Å². The maximum Gasteiger partial charge on any atom is 0.323 e. The van der Waals surface area contributed by atoms with Crippen molar-refractivity contribution in [3.63, 3.8) is 0 Å². The number of anilines is 2. The van der Waals surface area contributed by atoms with E-state index < -0.39 is 0 Å². The van der Waals surface area contributed by atoms with Gasteiger partial charge in [-0.3, -0.25) is 0 Å². The molecule has 4 heteroatoms. The number of hydrogen-bond acceptors (Lipinski definition) is 2. The lowest BCUT2D eigenvalue weighted by Gasteiger charge is -2.09. The lowest BCUT2D eigenvalue weighted by molar-refractivity contribution is 0.262. The predicted molar refractivity (Wildman–Crippen MR) is 87.4 cm³/mol. The Morgan fingerprint density at radius 2 is 1.38 bits per heavy atom. The zero-order valence-corrected chi connectivity index (χ0v) is 12.2. The maximum absolute atomic E-state index is 11.9. The first-order valence-corrected chi connectivity index (χ1v) is 7.17. The Hall–Kier alpha value is -2.33. The van der Waals surface area contributed by atoms with Gasteiger partial charge in [0.1, 0.15) is 0 Å². The predicted octanol–water partition coefficient (Wildman–Crippen LogP) is 3.74. The second kappa shape index (κ2) is 7.45. The van der Waals surface area contributed by atoms with Gasteiger partial charge in [-0.15, -0.1) is 0 Å². The van der Waals surface area contributed by atoms with Gasteiger partial charge in [0.05, 0.1) is 0 Å². The summed E-state index contributed by atoms with van der Waals surface area (Å²) in [6.07, 6.45) is 2.17. The zero-order chi connectivity index (χ0) is 15.1. The first-order chi connectivity index (χ1) is 10.2. The fourth-order valence-corrected chi connectivity index (χ4v) is 2.06. The molecule has 0 aromatic heterocycles. The standard InChI is InChI=1S/C17H21N3O/c1-2-3-13-4-8-15(9-5-13)19-17(21)20-16-10-6-14(12-18)7-11-16/h4-11H,2-3,12,18H2,1H3,(H2,19,20,21). The molecule has 2 aromatic carbocycles. The second-order valence-corrected chi connectivity index (χ2v) is 4.93. The minimum Gasteiger partial charge on any atom is -0.326 e. The molecule has 2 amide bonds. The van der Waals surface area contributed by atoms with Gasteiger partial charge in [-0.2, -0.15) is 0 Å². The number of carbonyl (C=O) groups is 1. The molecule has 2 rings (SSSR count). The maximum atomic E-state index is 11.9. The van der Waals surface area contributed by atoms with E-state index in [1.807, 2.05) is 48.5 Å². The fraction of sp³-hybridized carbons (Fsp3) is 0.235. The van der Waals surface area contributed by atoms with E-state index in [0.717, 1.165) is 29.8 Å². The van der Waals surface area contributed by atoms with E-state index in [0.29, 0.717) is 6.54 Å². The zero-order valence-electron chi connectivity index (χ0n) is 12.2. The topological polar surface area (TPSA) is 67.2 Å². The number of rotatable bonds is 5. The van der Waals surface area contributed by atoms with Crippen molar-refractivity contribution >= 4 is 17.4 Å². The molecule has 0 heterocycles. The summed E-state index contributed by atoms with van der Waals surface area (Å²) in [4.78, 5) is 11.9. The third-order valence-corrected chi connectivity index (χ3v) is 3.20. The normalized spacial score (nSPS) is 10.2. The molecule has 0 saturated heterocycles. The molecular weight excluding hydrogens is 262 g/mol. The second-order valence-electron chi connectivity index (χ2n) is 4.93. The van der Waals surface area contributed by atoms with Crippen LogP contribution in [-0.4, -0.2) is 6.03 Å². The van der Waals surface area contributed by atoms with Gasteiger partial charge in [-0.1, -0.05) is 37.6 Å². The van der Waals surface area contributed by atoms with Crippen LogP contribution < -0.4 is 16.4 Å². The summed E-state index contributed by atoms with van der Waals surface area (Å²) in [5, 5.41) is 5.60. The van der Waals surface area contributed by atoms with Gasteiger partial charge >= 0.3 is 6.03 Å². The fourth-order valence-electron chi connectivity index (χ4n) is 2.06. The molecule has 4 nitrogen and oxygen atoms in total. The highest BCUT2D eigenvalue weighted by molar-refractivity contribution is 5.99. The quantitative estimate of drug-likeness (QED) is 0.782. The van der Waals surface area contributed by atoms with Gasteiger partial charge in [0.2, 0.25) is 0 Å². The van der Waals surface area contributed by atoms with Gasteiger partial charge in [-0.25, -0.2) is 4.79 Å². The van der Waals surface area contributed by atoms with Gasteiger partial charge in [0.25, 0.3) is 0 Å². The Balaban J connectivity index is 1.91. The number of carbonyl (C=O) groups excluding carboxylic acids is 1. The van der Waals surface area contributed by atoms with Gasteiger partial charge < -0.3 is 16.4 Å². The van der Waals surface area contributed by atoms with Crippen LogP contribution in [0.15, 0.2) is 48.5 Å². The van der Waals surface area contributed by atoms with E-state index in [1.165, 1.54) is 5.56 Å². The van der Waals surface area contributed by atoms with E-state index in [1.54, 1.807) is 0 Å². The van der Waals surface area contributed by atoms with Crippen LogP contribution in [0.5, 0.6) is 0 Å². The highest BCUT2D eigenvalue weighted by Crippen LogP contribution is 2.13. The summed E-state index contributed by atoms with van der Waals surface area (Å²) in [7, 11) is 0. The summed E-state index contributed by atoms with van der Waals surface area (Å²) in [5.74, 6) is 0. The first kappa shape index (κ1) is 15.1. The Kier molecular flexibility index (Phi) is 5.35. The van der Waals surface area contributed by atoms with Crippen LogP contribution in [0.1, 0.15) is 24.5 Å². The number of aryl methyl sites for hydroxylation is 1. The summed E-state index contributed by atoms with van der Waals surface area (Å²) >= 11 is 0. The highest BCUT2D eigenvalue weighted by Gasteiger charge is 2.02. The molecule has 0 radical (unpaired) electrons. The number of amides is 2. The third kappa shape index (κ3) is 4.61. The molecule has 0 aliphatic heterocycles. The molecule has 21 heavy (non-hydrogen) atoms. The minimum absolute atomic E-state index is 0.251. The molecule has 0 atom stereocenters. The molecule has 0 aliphatic rings. The van der Waals surface area contributed by atoms with Crippen molar-refractivity contribution in [2.24, 2.45) is 5.73 Å². The van der Waals surface area contributed by atoms with Crippen LogP contribution in [0.4, 0.5) is 16.2 Å². The molecule has 0 bridgehead atoms. The van der Waals surface area contributed by atoms with Crippen molar-refractivity contribution in [2.45, 2.75) is 26.3 Å². The van der Waals surface area contributed by atoms with Crippen LogP contribution in [0, 0.1) is 0 Å². The van der Waals surface area contributed by atoms with E-state index in [2.05, 4.69) is 17.6 Å². The van der Waals surface area contributed by atoms with Crippen LogP contribution >= 0.6 is 0 Å². The van der Waals surface area contributed by atoms with Crippen LogP contribution in [0.3, 0.4) is 0 Å². The molecule has 0 aliphatic carbocycles. The number of benzene rings is 2. The Bertz CT molecular complexity index is 576. The van der Waals surface area contributed by atoms with E-state index in [-0.39, 0.29) is 6.03 Å². The van der Waals surface area contributed by atoms with Gasteiger partial charge in [-0.05, 0) is 41.8 Å². The Morgan fingerprint density at radius 1 is 0.905 bits per heavy atom. The van der Waals surface area contributed by atoms with Crippen LogP contribution in [0.25, 0.3) is 0 Å². The molecule has 110 valence electrons. The summed E-state index contributed by atoms with van der Waals surface area (Å²) in [6, 6.07) is 15.1. The molecule has 0 spiro atoms. The van der Waals surface area contributed by atoms with Crippen LogP contribution in [0.2, 0.25) is 0 Å². The number of nitrogens with one attached hydrogen (secondary N) is 2. The van der Waals surface area contributed by atoms with Gasteiger partial charge in [0, 0.05) is 17.9 Å². The van der Waals surface area contributed by atoms with Crippen molar-refractivity contribution in [3.8, 4) is 0 Å². The number of hydrogen-bond donors (Lipinski definition) is 3. The van der Waals surface area contributed by atoms with Crippen molar-refractivity contribution < 1.29 is 4.79 Å². The summed E-state index contributed by atoms with van der Waals surface area (Å²) in [5.41, 5.74) is 9.38. The minimum atomic E-state index is -0.251. The molecule has 2 aromatic rings. The lowest BCUT2D eigenvalue weighted by atomic mass is 10.1. The average Bonchev–Trinajstić information content (AvgIpc) is 2.50. The molecular formula is C17H21N3O. The third-order valence-electron chi connectivity index (χ3n) is 3.20. The monoisotopic (exact) mass is 283 g/mol. The number of urea groups is 1. The Morgan fingerprint density at radius 3 is 1.81 bits per heavy atom. The average molecular weight is 283 g/mol. The van der Waals surface area contributed by atoms with Crippen molar-refractivity contribution in [1.29, 1.82) is 0 Å². The van der Waals surface area contributed by atoms with Crippen LogP contribution in [-0.2, 0) is 13.0 Å². The Labute approximate surface area is 125 Å². The van der Waals surface area contributed by atoms with Crippen molar-refractivity contribution in [2.75, 3.05) is 10.6 Å². The van der Waals surface area contributed by atoms with E-state index in [9.17, 15) is 4.79 Å². The smallest absolute Gasteiger partial charge is 0.323 e. The SMILES string of the molecule is CCCc1ccc(NC(=O)Nc2ccc(CN)cc2)cc1. The van der Waals surface area contributed by atoms with Gasteiger partial charge in [0.15, 0.2) is 0 Å².